The van der Waals surface area contributed by atoms with E-state index >= 15 is 0 Å². The van der Waals surface area contributed by atoms with E-state index in [0.717, 1.165) is 61.3 Å². The molecule has 10 nitrogen and oxygen atoms in total. The van der Waals surface area contributed by atoms with Gasteiger partial charge < -0.3 is 25.3 Å². The molecule has 0 saturated carbocycles. The summed E-state index contributed by atoms with van der Waals surface area (Å²) in [7, 11) is 3.49. The highest BCUT2D eigenvalue weighted by Gasteiger charge is 2.26. The molecule has 2 aromatic heterocycles. The third kappa shape index (κ3) is 7.96. The van der Waals surface area contributed by atoms with E-state index in [0.29, 0.717) is 76.6 Å². The Bertz CT molecular complexity index is 1870. The number of aromatic nitrogens is 3. The molecule has 3 N–H and O–H groups in total. The number of rotatable bonds is 14. The van der Waals surface area contributed by atoms with Crippen molar-refractivity contribution in [1.82, 2.24) is 30.1 Å². The summed E-state index contributed by atoms with van der Waals surface area (Å²) in [6, 6.07) is 13.2. The highest BCUT2D eigenvalue weighted by atomic mass is 35.5. The van der Waals surface area contributed by atoms with Gasteiger partial charge in [0.25, 0.3) is 5.91 Å². The number of amides is 2. The summed E-state index contributed by atoms with van der Waals surface area (Å²) >= 11 is 14.0. The molecule has 0 unspecified atom stereocenters. The topological polar surface area (TPSA) is 113 Å². The predicted octanol–water partition coefficient (Wildman–Crippen LogP) is 6.58. The van der Waals surface area contributed by atoms with E-state index in [1.807, 2.05) is 41.9 Å². The molecule has 0 radical (unpaired) electrons. The van der Waals surface area contributed by atoms with Gasteiger partial charge in [-0.15, -0.1) is 0 Å². The highest BCUT2D eigenvalue weighted by molar-refractivity contribution is 6.39. The number of carbonyl (C=O) groups is 2. The van der Waals surface area contributed by atoms with Gasteiger partial charge in [0.1, 0.15) is 5.75 Å². The number of ether oxygens (including phenoxy) is 1. The van der Waals surface area contributed by atoms with Gasteiger partial charge in [0, 0.05) is 86.3 Å². The number of nitrogens with zero attached hydrogens (tertiary/aromatic N) is 4. The standard InChI is InChI=1S/C37H42Cl2FN7O3/c1-46-30-14-18-47(17-5-3-4-15-40)22-29(30)44-36(46)37(49)45-28-8-6-7-26(33(28)38)27-13-16-42-35(34(27)39)23-9-10-24(31(19-23)50-2)20-41-21-25-11-12-32(48)43-25/h6-10,13,16,19,25,41H,3-5,11-12,14-15,17-18,20-22H2,1-2H3,(H,43,48)(H,45,49)/t25-/m1/s1. The number of hydrogen-bond donors (Lipinski definition) is 3. The smallest absolute Gasteiger partial charge is 0.291 e. The summed E-state index contributed by atoms with van der Waals surface area (Å²) in [5.74, 6) is 0.746. The van der Waals surface area contributed by atoms with Crippen LogP contribution in [0.15, 0.2) is 48.7 Å². The molecule has 2 aliphatic heterocycles. The van der Waals surface area contributed by atoms with Crippen molar-refractivity contribution >= 4 is 40.7 Å². The van der Waals surface area contributed by atoms with Crippen molar-refractivity contribution < 1.29 is 18.7 Å². The number of anilines is 1. The van der Waals surface area contributed by atoms with Crippen molar-refractivity contribution in [2.24, 2.45) is 7.05 Å². The van der Waals surface area contributed by atoms with Crippen molar-refractivity contribution in [2.45, 2.75) is 57.7 Å². The SMILES string of the molecule is COc1cc(-c2nccc(-c3cccc(NC(=O)c4nc5c(n4C)CCN(CCCCCF)C5)c3Cl)c2Cl)ccc1CNC[C@H]1CCC(=O)N1. The molecule has 2 aliphatic rings. The number of nitrogens with one attached hydrogen (secondary N) is 3. The number of imidazole rings is 1. The van der Waals surface area contributed by atoms with Crippen molar-refractivity contribution in [2.75, 3.05) is 38.7 Å². The first-order valence-electron chi connectivity index (χ1n) is 17.0. The van der Waals surface area contributed by atoms with Gasteiger partial charge in [-0.3, -0.25) is 23.9 Å². The first-order chi connectivity index (χ1) is 24.3. The van der Waals surface area contributed by atoms with Gasteiger partial charge in [-0.1, -0.05) is 47.5 Å². The molecule has 0 spiro atoms. The van der Waals surface area contributed by atoms with E-state index < -0.39 is 0 Å². The van der Waals surface area contributed by atoms with Gasteiger partial charge in [0.05, 0.1) is 40.9 Å². The third-order valence-electron chi connectivity index (χ3n) is 9.42. The Kier molecular flexibility index (Phi) is 11.7. The average molecular weight is 723 g/mol. The van der Waals surface area contributed by atoms with Crippen molar-refractivity contribution in [3.05, 3.63) is 81.5 Å². The summed E-state index contributed by atoms with van der Waals surface area (Å²) in [4.78, 5) is 36.7. The molecule has 2 aromatic carbocycles. The van der Waals surface area contributed by atoms with Crippen LogP contribution in [-0.4, -0.2) is 70.7 Å². The van der Waals surface area contributed by atoms with Crippen molar-refractivity contribution in [3.8, 4) is 28.1 Å². The molecule has 4 aromatic rings. The van der Waals surface area contributed by atoms with E-state index in [9.17, 15) is 14.0 Å². The van der Waals surface area contributed by atoms with Crippen LogP contribution in [0.5, 0.6) is 5.75 Å². The lowest BCUT2D eigenvalue weighted by atomic mass is 10.0. The Hall–Kier alpha value is -4.03. The van der Waals surface area contributed by atoms with Gasteiger partial charge in [-0.25, -0.2) is 4.98 Å². The molecule has 1 saturated heterocycles. The van der Waals surface area contributed by atoms with Crippen LogP contribution in [0, 0.1) is 0 Å². The van der Waals surface area contributed by atoms with E-state index in [-0.39, 0.29) is 24.5 Å². The number of carbonyl (C=O) groups excluding carboxylic acids is 2. The zero-order valence-corrected chi connectivity index (χ0v) is 29.8. The van der Waals surface area contributed by atoms with Gasteiger partial charge >= 0.3 is 0 Å². The zero-order chi connectivity index (χ0) is 35.2. The summed E-state index contributed by atoms with van der Waals surface area (Å²) in [5.41, 5.74) is 6.00. The maximum Gasteiger partial charge on any atom is 0.291 e. The molecule has 0 aliphatic carbocycles. The fourth-order valence-corrected chi connectivity index (χ4v) is 7.30. The Morgan fingerprint density at radius 1 is 1.10 bits per heavy atom. The van der Waals surface area contributed by atoms with Crippen molar-refractivity contribution in [3.63, 3.8) is 0 Å². The Balaban J connectivity index is 1.17. The lowest BCUT2D eigenvalue weighted by molar-refractivity contribution is -0.119. The number of alkyl halides is 1. The summed E-state index contributed by atoms with van der Waals surface area (Å²) in [5, 5.41) is 10.1. The summed E-state index contributed by atoms with van der Waals surface area (Å²) in [6.07, 6.45) is 6.28. The van der Waals surface area contributed by atoms with E-state index in [1.165, 1.54) is 0 Å². The molecule has 1 atom stereocenters. The largest absolute Gasteiger partial charge is 0.496 e. The monoisotopic (exact) mass is 721 g/mol. The van der Waals surface area contributed by atoms with E-state index in [1.54, 1.807) is 25.4 Å². The van der Waals surface area contributed by atoms with Crippen LogP contribution in [0.2, 0.25) is 10.0 Å². The number of pyridine rings is 1. The van der Waals surface area contributed by atoms with Gasteiger partial charge in [0.2, 0.25) is 5.91 Å². The summed E-state index contributed by atoms with van der Waals surface area (Å²) < 4.78 is 20.0. The van der Waals surface area contributed by atoms with Gasteiger partial charge in [0.15, 0.2) is 5.82 Å². The predicted molar refractivity (Wildman–Crippen MR) is 195 cm³/mol. The minimum atomic E-state index is -0.355. The Morgan fingerprint density at radius 2 is 1.94 bits per heavy atom. The number of unbranched alkanes of at least 4 members (excludes halogenated alkanes) is 2. The molecule has 0 bridgehead atoms. The Morgan fingerprint density at radius 3 is 2.72 bits per heavy atom. The minimum Gasteiger partial charge on any atom is -0.496 e. The molecule has 2 amide bonds. The second-order valence-corrected chi connectivity index (χ2v) is 13.5. The quantitative estimate of drug-likeness (QED) is 0.126. The molecule has 264 valence electrons. The van der Waals surface area contributed by atoms with Crippen LogP contribution in [-0.2, 0) is 31.4 Å². The van der Waals surface area contributed by atoms with Crippen LogP contribution in [0.25, 0.3) is 22.4 Å². The van der Waals surface area contributed by atoms with E-state index in [2.05, 4.69) is 25.8 Å². The summed E-state index contributed by atoms with van der Waals surface area (Å²) in [6.45, 7) is 3.41. The number of fused-ring (bicyclic) bond motifs is 1. The Labute approximate surface area is 301 Å². The number of halogens is 3. The molecular formula is C37H42Cl2FN7O3. The second kappa shape index (κ2) is 16.3. The number of benzene rings is 2. The minimum absolute atomic E-state index is 0.0952. The lowest BCUT2D eigenvalue weighted by Gasteiger charge is -2.26. The van der Waals surface area contributed by atoms with Gasteiger partial charge in [-0.2, -0.15) is 0 Å². The first kappa shape index (κ1) is 35.8. The molecule has 1 fully saturated rings. The third-order valence-corrected chi connectivity index (χ3v) is 10.2. The lowest BCUT2D eigenvalue weighted by Crippen LogP contribution is -2.35. The maximum atomic E-state index is 13.5. The van der Waals surface area contributed by atoms with Crippen LogP contribution in [0.1, 0.15) is 59.7 Å². The zero-order valence-electron chi connectivity index (χ0n) is 28.3. The maximum absolute atomic E-state index is 13.5. The van der Waals surface area contributed by atoms with Crippen LogP contribution >= 0.6 is 23.2 Å². The van der Waals surface area contributed by atoms with Crippen LogP contribution < -0.4 is 20.7 Å². The average Bonchev–Trinajstić information content (AvgIpc) is 3.69. The molecule has 4 heterocycles. The first-order valence-corrected chi connectivity index (χ1v) is 17.8. The second-order valence-electron chi connectivity index (χ2n) is 12.8. The van der Waals surface area contributed by atoms with Crippen LogP contribution in [0.4, 0.5) is 10.1 Å². The fourth-order valence-electron chi connectivity index (χ4n) is 6.70. The van der Waals surface area contributed by atoms with Crippen LogP contribution in [0.3, 0.4) is 0 Å². The molecule has 50 heavy (non-hydrogen) atoms. The van der Waals surface area contributed by atoms with Crippen molar-refractivity contribution in [1.29, 1.82) is 0 Å². The molecule has 6 rings (SSSR count). The van der Waals surface area contributed by atoms with E-state index in [4.69, 9.17) is 32.9 Å². The highest BCUT2D eigenvalue weighted by Crippen LogP contribution is 2.41. The fraction of sp³-hybridized carbons (Fsp3) is 0.405. The number of methoxy groups -OCH3 is 1. The van der Waals surface area contributed by atoms with Gasteiger partial charge in [-0.05, 0) is 50.4 Å². The number of hydrogen-bond acceptors (Lipinski definition) is 7. The molecule has 13 heteroatoms. The molecular weight excluding hydrogens is 680 g/mol. The normalized spacial score (nSPS) is 15.9.